The molecule has 2 heterocycles. The summed E-state index contributed by atoms with van der Waals surface area (Å²) in [5, 5.41) is 22.1. The molecule has 0 amide bonds. The SMILES string of the molecule is COC(=O)C(c1c(O)c2cc(C)ccc2oc1=O)c1c(O)c2cc(C)ccc2oc1=O. The molecule has 8 nitrogen and oxygen atoms in total. The van der Waals surface area contributed by atoms with Gasteiger partial charge in [0, 0.05) is 0 Å². The lowest BCUT2D eigenvalue weighted by atomic mass is 9.90. The summed E-state index contributed by atoms with van der Waals surface area (Å²) in [5.41, 5.74) is -1.42. The number of carbonyl (C=O) groups is 1. The maximum absolute atomic E-state index is 12.8. The van der Waals surface area contributed by atoms with Crippen molar-refractivity contribution in [3.05, 3.63) is 79.5 Å². The molecular formula is C23H18O8. The number of ether oxygens (including phenoxy) is 1. The van der Waals surface area contributed by atoms with E-state index < -0.39 is 45.8 Å². The number of methoxy groups -OCH3 is 1. The molecule has 0 spiro atoms. The first-order valence-electron chi connectivity index (χ1n) is 9.33. The van der Waals surface area contributed by atoms with Gasteiger partial charge in [-0.3, -0.25) is 4.79 Å². The number of fused-ring (bicyclic) bond motifs is 2. The van der Waals surface area contributed by atoms with Gasteiger partial charge >= 0.3 is 17.2 Å². The van der Waals surface area contributed by atoms with Gasteiger partial charge in [0.2, 0.25) is 0 Å². The van der Waals surface area contributed by atoms with E-state index in [2.05, 4.69) is 0 Å². The number of benzene rings is 2. The highest BCUT2D eigenvalue weighted by atomic mass is 16.5. The largest absolute Gasteiger partial charge is 0.507 e. The third-order valence-corrected chi connectivity index (χ3v) is 5.15. The van der Waals surface area contributed by atoms with Gasteiger partial charge in [0.15, 0.2) is 0 Å². The minimum absolute atomic E-state index is 0.103. The van der Waals surface area contributed by atoms with Gasteiger partial charge in [-0.15, -0.1) is 0 Å². The molecule has 2 N–H and O–H groups in total. The Bertz CT molecular complexity index is 1370. The van der Waals surface area contributed by atoms with Crippen molar-refractivity contribution >= 4 is 27.9 Å². The molecule has 0 radical (unpaired) electrons. The third kappa shape index (κ3) is 3.22. The Hall–Kier alpha value is -4.07. The second-order valence-corrected chi connectivity index (χ2v) is 7.26. The number of carbonyl (C=O) groups excluding carboxylic acids is 1. The van der Waals surface area contributed by atoms with E-state index >= 15 is 0 Å². The van der Waals surface area contributed by atoms with Crippen LogP contribution in [0.2, 0.25) is 0 Å². The van der Waals surface area contributed by atoms with Crippen molar-refractivity contribution in [2.75, 3.05) is 7.11 Å². The topological polar surface area (TPSA) is 127 Å². The Balaban J connectivity index is 2.11. The maximum atomic E-state index is 12.8. The van der Waals surface area contributed by atoms with E-state index in [-0.39, 0.29) is 21.9 Å². The Kier molecular flexibility index (Phi) is 4.77. The molecule has 0 aliphatic carbocycles. The Labute approximate surface area is 174 Å². The monoisotopic (exact) mass is 422 g/mol. The quantitative estimate of drug-likeness (QED) is 0.381. The fourth-order valence-electron chi connectivity index (χ4n) is 3.64. The van der Waals surface area contributed by atoms with E-state index in [1.165, 1.54) is 12.1 Å². The first-order valence-corrected chi connectivity index (χ1v) is 9.33. The summed E-state index contributed by atoms with van der Waals surface area (Å²) >= 11 is 0. The van der Waals surface area contributed by atoms with Gasteiger partial charge in [0.25, 0.3) is 0 Å². The molecule has 2 aromatic carbocycles. The fraction of sp³-hybridized carbons (Fsp3) is 0.174. The summed E-state index contributed by atoms with van der Waals surface area (Å²) in [6, 6.07) is 9.53. The van der Waals surface area contributed by atoms with Crippen LogP contribution in [-0.4, -0.2) is 23.3 Å². The van der Waals surface area contributed by atoms with E-state index in [4.69, 9.17) is 13.6 Å². The van der Waals surface area contributed by atoms with Crippen molar-refractivity contribution in [3.63, 3.8) is 0 Å². The third-order valence-electron chi connectivity index (χ3n) is 5.15. The summed E-state index contributed by atoms with van der Waals surface area (Å²) in [6.45, 7) is 3.54. The van der Waals surface area contributed by atoms with Crippen LogP contribution in [0.15, 0.2) is 54.8 Å². The summed E-state index contributed by atoms with van der Waals surface area (Å²) in [7, 11) is 1.06. The van der Waals surface area contributed by atoms with Crippen molar-refractivity contribution in [2.24, 2.45) is 0 Å². The molecule has 8 heteroatoms. The van der Waals surface area contributed by atoms with Gasteiger partial charge in [-0.25, -0.2) is 9.59 Å². The molecule has 158 valence electrons. The Morgan fingerprint density at radius 3 is 1.65 bits per heavy atom. The van der Waals surface area contributed by atoms with Crippen molar-refractivity contribution in [1.82, 2.24) is 0 Å². The van der Waals surface area contributed by atoms with Crippen molar-refractivity contribution in [2.45, 2.75) is 19.8 Å². The Morgan fingerprint density at radius 1 is 0.839 bits per heavy atom. The van der Waals surface area contributed by atoms with Crippen molar-refractivity contribution in [3.8, 4) is 11.5 Å². The predicted octanol–water partition coefficient (Wildman–Crippen LogP) is 3.23. The maximum Gasteiger partial charge on any atom is 0.344 e. The number of aromatic hydroxyl groups is 2. The standard InChI is InChI=1S/C23H18O8/c1-10-4-6-14-12(8-10)19(24)17(22(27)30-14)16(21(26)29-3)18-20(25)13-9-11(2)5-7-15(13)31-23(18)28/h4-9,16,24-25H,1-3H3. The highest BCUT2D eigenvalue weighted by Crippen LogP contribution is 2.39. The lowest BCUT2D eigenvalue weighted by molar-refractivity contribution is -0.141. The molecular weight excluding hydrogens is 404 g/mol. The summed E-state index contributed by atoms with van der Waals surface area (Å²) in [4.78, 5) is 38.3. The van der Waals surface area contributed by atoms with Crippen LogP contribution in [0.3, 0.4) is 0 Å². The fourth-order valence-corrected chi connectivity index (χ4v) is 3.64. The molecule has 0 aliphatic heterocycles. The van der Waals surface area contributed by atoms with Gasteiger partial charge in [-0.1, -0.05) is 23.3 Å². The number of hydrogen-bond acceptors (Lipinski definition) is 8. The summed E-state index contributed by atoms with van der Waals surface area (Å²) in [6.07, 6.45) is 0. The van der Waals surface area contributed by atoms with Crippen LogP contribution in [0.4, 0.5) is 0 Å². The highest BCUT2D eigenvalue weighted by molar-refractivity contribution is 5.92. The second-order valence-electron chi connectivity index (χ2n) is 7.26. The molecule has 0 unspecified atom stereocenters. The Morgan fingerprint density at radius 2 is 1.26 bits per heavy atom. The molecule has 2 aromatic heterocycles. The smallest absolute Gasteiger partial charge is 0.344 e. The molecule has 31 heavy (non-hydrogen) atoms. The summed E-state index contributed by atoms with van der Waals surface area (Å²) < 4.78 is 15.3. The first kappa shape index (κ1) is 20.2. The normalized spacial score (nSPS) is 11.4. The van der Waals surface area contributed by atoms with Crippen LogP contribution >= 0.6 is 0 Å². The molecule has 0 saturated carbocycles. The van der Waals surface area contributed by atoms with Gasteiger partial charge in [0.05, 0.1) is 29.0 Å². The van der Waals surface area contributed by atoms with Crippen LogP contribution in [0, 0.1) is 13.8 Å². The minimum Gasteiger partial charge on any atom is -0.507 e. The van der Waals surface area contributed by atoms with Gasteiger partial charge in [-0.2, -0.15) is 0 Å². The average molecular weight is 422 g/mol. The molecule has 0 aliphatic rings. The van der Waals surface area contributed by atoms with Crippen LogP contribution < -0.4 is 11.3 Å². The summed E-state index contributed by atoms with van der Waals surface area (Å²) in [5.74, 6) is -3.92. The number of aryl methyl sites for hydroxylation is 2. The van der Waals surface area contributed by atoms with Crippen molar-refractivity contribution in [1.29, 1.82) is 0 Å². The van der Waals surface area contributed by atoms with E-state index in [9.17, 15) is 24.6 Å². The van der Waals surface area contributed by atoms with Crippen LogP contribution in [0.5, 0.6) is 11.5 Å². The van der Waals surface area contributed by atoms with Gasteiger partial charge in [0.1, 0.15) is 28.6 Å². The van der Waals surface area contributed by atoms with E-state index in [0.29, 0.717) is 0 Å². The second kappa shape index (κ2) is 7.32. The van der Waals surface area contributed by atoms with E-state index in [1.54, 1.807) is 38.1 Å². The zero-order valence-electron chi connectivity index (χ0n) is 16.9. The minimum atomic E-state index is -1.77. The molecule has 0 fully saturated rings. The first-order chi connectivity index (χ1) is 14.7. The van der Waals surface area contributed by atoms with E-state index in [1.807, 2.05) is 0 Å². The van der Waals surface area contributed by atoms with Gasteiger partial charge in [-0.05, 0) is 38.1 Å². The molecule has 0 saturated heterocycles. The van der Waals surface area contributed by atoms with Crippen LogP contribution in [0.25, 0.3) is 21.9 Å². The zero-order valence-corrected chi connectivity index (χ0v) is 16.9. The van der Waals surface area contributed by atoms with E-state index in [0.717, 1.165) is 18.2 Å². The number of esters is 1. The lowest BCUT2D eigenvalue weighted by Crippen LogP contribution is -2.27. The van der Waals surface area contributed by atoms with Crippen molar-refractivity contribution < 1.29 is 28.6 Å². The predicted molar refractivity (Wildman–Crippen MR) is 112 cm³/mol. The lowest BCUT2D eigenvalue weighted by Gasteiger charge is -2.17. The highest BCUT2D eigenvalue weighted by Gasteiger charge is 2.37. The number of rotatable bonds is 3. The number of hydrogen-bond donors (Lipinski definition) is 2. The molecule has 4 rings (SSSR count). The zero-order chi connectivity index (χ0) is 22.4. The average Bonchev–Trinajstić information content (AvgIpc) is 2.73. The molecule has 4 aromatic rings. The van der Waals surface area contributed by atoms with Crippen LogP contribution in [0.1, 0.15) is 28.2 Å². The van der Waals surface area contributed by atoms with Gasteiger partial charge < -0.3 is 23.8 Å². The molecule has 0 atom stereocenters. The van der Waals surface area contributed by atoms with Crippen LogP contribution in [-0.2, 0) is 9.53 Å². The molecule has 0 bridgehead atoms.